The van der Waals surface area contributed by atoms with Gasteiger partial charge in [0.25, 0.3) is 5.91 Å². The van der Waals surface area contributed by atoms with E-state index in [1.54, 1.807) is 4.90 Å². The van der Waals surface area contributed by atoms with Crippen molar-refractivity contribution in [2.45, 2.75) is 6.42 Å². The SMILES string of the molecule is Nc1nnc(C(=O)N2CCNC(=O)CC2)s1. The molecule has 0 aliphatic carbocycles. The average molecular weight is 241 g/mol. The van der Waals surface area contributed by atoms with Gasteiger partial charge in [0.15, 0.2) is 0 Å². The number of nitrogens with one attached hydrogen (secondary N) is 1. The molecule has 2 heterocycles. The molecule has 1 aliphatic rings. The number of hydrogen-bond acceptors (Lipinski definition) is 6. The second-order valence-corrected chi connectivity index (χ2v) is 4.35. The molecule has 1 aromatic heterocycles. The fourth-order valence-electron chi connectivity index (χ4n) is 1.43. The summed E-state index contributed by atoms with van der Waals surface area (Å²) in [4.78, 5) is 24.6. The molecule has 0 bridgehead atoms. The molecule has 0 spiro atoms. The van der Waals surface area contributed by atoms with E-state index in [1.165, 1.54) is 0 Å². The maximum Gasteiger partial charge on any atom is 0.284 e. The number of carbonyl (C=O) groups excluding carboxylic acids is 2. The summed E-state index contributed by atoms with van der Waals surface area (Å²) in [5.74, 6) is -0.252. The van der Waals surface area contributed by atoms with Gasteiger partial charge in [-0.05, 0) is 0 Å². The number of nitrogen functional groups attached to an aromatic ring is 1. The summed E-state index contributed by atoms with van der Waals surface area (Å²) in [6.45, 7) is 1.37. The van der Waals surface area contributed by atoms with Gasteiger partial charge in [-0.15, -0.1) is 10.2 Å². The summed E-state index contributed by atoms with van der Waals surface area (Å²) < 4.78 is 0. The highest BCUT2D eigenvalue weighted by molar-refractivity contribution is 7.16. The number of amides is 2. The Morgan fingerprint density at radius 3 is 2.94 bits per heavy atom. The van der Waals surface area contributed by atoms with Crippen molar-refractivity contribution in [1.82, 2.24) is 20.4 Å². The first kappa shape index (κ1) is 10.8. The molecule has 1 aliphatic heterocycles. The molecule has 1 aromatic rings. The van der Waals surface area contributed by atoms with Crippen LogP contribution in [0.5, 0.6) is 0 Å². The van der Waals surface area contributed by atoms with Crippen LogP contribution in [0.1, 0.15) is 16.2 Å². The molecule has 7 nitrogen and oxygen atoms in total. The van der Waals surface area contributed by atoms with E-state index >= 15 is 0 Å². The summed E-state index contributed by atoms with van der Waals surface area (Å²) in [6, 6.07) is 0. The van der Waals surface area contributed by atoms with E-state index < -0.39 is 0 Å². The van der Waals surface area contributed by atoms with Gasteiger partial charge >= 0.3 is 0 Å². The number of nitrogens with two attached hydrogens (primary N) is 1. The van der Waals surface area contributed by atoms with Crippen LogP contribution in [0.15, 0.2) is 0 Å². The Morgan fingerprint density at radius 1 is 1.44 bits per heavy atom. The number of nitrogens with zero attached hydrogens (tertiary/aromatic N) is 3. The molecule has 16 heavy (non-hydrogen) atoms. The normalized spacial score (nSPS) is 16.8. The molecule has 0 unspecified atom stereocenters. The van der Waals surface area contributed by atoms with Crippen molar-refractivity contribution in [2.75, 3.05) is 25.4 Å². The maximum atomic E-state index is 11.9. The van der Waals surface area contributed by atoms with E-state index in [2.05, 4.69) is 15.5 Å². The molecule has 86 valence electrons. The summed E-state index contributed by atoms with van der Waals surface area (Å²) >= 11 is 1.06. The van der Waals surface area contributed by atoms with Crippen molar-refractivity contribution < 1.29 is 9.59 Å². The largest absolute Gasteiger partial charge is 0.374 e. The van der Waals surface area contributed by atoms with Crippen molar-refractivity contribution in [3.05, 3.63) is 5.01 Å². The summed E-state index contributed by atoms with van der Waals surface area (Å²) in [5.41, 5.74) is 5.41. The highest BCUT2D eigenvalue weighted by Gasteiger charge is 2.22. The van der Waals surface area contributed by atoms with Gasteiger partial charge in [0.2, 0.25) is 16.0 Å². The predicted molar refractivity (Wildman–Crippen MR) is 57.9 cm³/mol. The zero-order valence-corrected chi connectivity index (χ0v) is 9.29. The number of carbonyl (C=O) groups is 2. The summed E-state index contributed by atoms with van der Waals surface area (Å²) in [5, 5.41) is 10.5. The van der Waals surface area contributed by atoms with Gasteiger partial charge in [-0.25, -0.2) is 0 Å². The van der Waals surface area contributed by atoms with Crippen LogP contribution in [-0.4, -0.2) is 46.5 Å². The minimum Gasteiger partial charge on any atom is -0.374 e. The fraction of sp³-hybridized carbons (Fsp3) is 0.500. The Labute approximate surface area is 95.6 Å². The number of rotatable bonds is 1. The van der Waals surface area contributed by atoms with Crippen LogP contribution in [0.4, 0.5) is 5.13 Å². The zero-order chi connectivity index (χ0) is 11.5. The van der Waals surface area contributed by atoms with Crippen molar-refractivity contribution in [3.8, 4) is 0 Å². The van der Waals surface area contributed by atoms with Crippen LogP contribution in [0, 0.1) is 0 Å². The second kappa shape index (κ2) is 4.44. The van der Waals surface area contributed by atoms with E-state index in [0.717, 1.165) is 11.3 Å². The van der Waals surface area contributed by atoms with Crippen LogP contribution >= 0.6 is 11.3 Å². The highest BCUT2D eigenvalue weighted by Crippen LogP contribution is 2.14. The van der Waals surface area contributed by atoms with Crippen LogP contribution in [-0.2, 0) is 4.79 Å². The van der Waals surface area contributed by atoms with Gasteiger partial charge < -0.3 is 16.0 Å². The first-order chi connectivity index (χ1) is 7.66. The predicted octanol–water partition coefficient (Wildman–Crippen LogP) is -0.918. The number of hydrogen-bond donors (Lipinski definition) is 2. The van der Waals surface area contributed by atoms with Gasteiger partial charge in [-0.1, -0.05) is 11.3 Å². The lowest BCUT2D eigenvalue weighted by molar-refractivity contribution is -0.120. The first-order valence-electron chi connectivity index (χ1n) is 4.82. The quantitative estimate of drug-likeness (QED) is 0.662. The van der Waals surface area contributed by atoms with Crippen LogP contribution < -0.4 is 11.1 Å². The van der Waals surface area contributed by atoms with Gasteiger partial charge in [0, 0.05) is 26.1 Å². The van der Waals surface area contributed by atoms with E-state index in [9.17, 15) is 9.59 Å². The zero-order valence-electron chi connectivity index (χ0n) is 8.47. The maximum absolute atomic E-state index is 11.9. The van der Waals surface area contributed by atoms with Crippen LogP contribution in [0.2, 0.25) is 0 Å². The fourth-order valence-corrected chi connectivity index (χ4v) is 2.00. The van der Waals surface area contributed by atoms with Crippen LogP contribution in [0.25, 0.3) is 0 Å². The van der Waals surface area contributed by atoms with Crippen molar-refractivity contribution in [3.63, 3.8) is 0 Å². The Morgan fingerprint density at radius 2 is 2.25 bits per heavy atom. The van der Waals surface area contributed by atoms with E-state index in [0.29, 0.717) is 26.1 Å². The third-order valence-corrected chi connectivity index (χ3v) is 2.96. The summed E-state index contributed by atoms with van der Waals surface area (Å²) in [7, 11) is 0. The molecule has 1 fully saturated rings. The van der Waals surface area contributed by atoms with Gasteiger partial charge in [0.1, 0.15) is 0 Å². The Bertz CT molecular complexity index is 418. The Kier molecular flexibility index (Phi) is 3.00. The third-order valence-electron chi connectivity index (χ3n) is 2.22. The van der Waals surface area contributed by atoms with Crippen LogP contribution in [0.3, 0.4) is 0 Å². The van der Waals surface area contributed by atoms with E-state index in [4.69, 9.17) is 5.73 Å². The molecule has 8 heteroatoms. The lowest BCUT2D eigenvalue weighted by Crippen LogP contribution is -2.34. The number of aromatic nitrogens is 2. The second-order valence-electron chi connectivity index (χ2n) is 3.34. The van der Waals surface area contributed by atoms with Gasteiger partial charge in [0.05, 0.1) is 0 Å². The molecular formula is C8H11N5O2S. The van der Waals surface area contributed by atoms with E-state index in [-0.39, 0.29) is 22.0 Å². The van der Waals surface area contributed by atoms with Crippen molar-refractivity contribution in [2.24, 2.45) is 0 Å². The monoisotopic (exact) mass is 241 g/mol. The third kappa shape index (κ3) is 2.27. The molecule has 0 radical (unpaired) electrons. The first-order valence-corrected chi connectivity index (χ1v) is 5.63. The molecular weight excluding hydrogens is 230 g/mol. The lowest BCUT2D eigenvalue weighted by atomic mass is 10.4. The molecule has 2 amide bonds. The Balaban J connectivity index is 2.06. The van der Waals surface area contributed by atoms with Gasteiger partial charge in [-0.3, -0.25) is 9.59 Å². The molecule has 0 saturated carbocycles. The van der Waals surface area contributed by atoms with E-state index in [1.807, 2.05) is 0 Å². The number of anilines is 1. The Hall–Kier alpha value is -1.70. The standard InChI is InChI=1S/C8H11N5O2S/c9-8-12-11-6(16-8)7(15)13-3-1-5(14)10-2-4-13/h1-4H2,(H2,9,12)(H,10,14). The smallest absolute Gasteiger partial charge is 0.284 e. The minimum absolute atomic E-state index is 0.0351. The van der Waals surface area contributed by atoms with Crippen molar-refractivity contribution in [1.29, 1.82) is 0 Å². The molecule has 3 N–H and O–H groups in total. The molecule has 0 atom stereocenters. The van der Waals surface area contributed by atoms with Crippen molar-refractivity contribution >= 4 is 28.3 Å². The molecule has 0 aromatic carbocycles. The topological polar surface area (TPSA) is 101 Å². The highest BCUT2D eigenvalue weighted by atomic mass is 32.1. The minimum atomic E-state index is -0.217. The van der Waals surface area contributed by atoms with Gasteiger partial charge in [-0.2, -0.15) is 0 Å². The summed E-state index contributed by atoms with van der Waals surface area (Å²) in [6.07, 6.45) is 0.319. The molecule has 1 saturated heterocycles. The molecule has 2 rings (SSSR count). The lowest BCUT2D eigenvalue weighted by Gasteiger charge is -2.17. The average Bonchev–Trinajstić information content (AvgIpc) is 2.57.